The maximum atomic E-state index is 12.5. The second-order valence-corrected chi connectivity index (χ2v) is 7.17. The van der Waals surface area contributed by atoms with Crippen molar-refractivity contribution in [2.24, 2.45) is 0 Å². The SMILES string of the molecule is Cc1c(C(=O)Nc2nn(Cc3ccc(Cl)cc3Cl)cc2Cl)cccc1[N+](=O)[O-]. The number of nitro benzene ring substituents is 1. The third kappa shape index (κ3) is 4.27. The van der Waals surface area contributed by atoms with E-state index in [4.69, 9.17) is 34.8 Å². The lowest BCUT2D eigenvalue weighted by Gasteiger charge is -2.07. The summed E-state index contributed by atoms with van der Waals surface area (Å²) in [6, 6.07) is 9.38. The van der Waals surface area contributed by atoms with Crippen molar-refractivity contribution in [1.82, 2.24) is 9.78 Å². The molecule has 144 valence electrons. The number of nitro groups is 1. The molecule has 0 atom stereocenters. The number of aromatic nitrogens is 2. The lowest BCUT2D eigenvalue weighted by Crippen LogP contribution is -2.15. The van der Waals surface area contributed by atoms with E-state index < -0.39 is 10.8 Å². The van der Waals surface area contributed by atoms with Crippen LogP contribution < -0.4 is 5.32 Å². The highest BCUT2D eigenvalue weighted by Crippen LogP contribution is 2.26. The zero-order valence-electron chi connectivity index (χ0n) is 14.4. The molecule has 0 saturated carbocycles. The molecule has 0 fully saturated rings. The summed E-state index contributed by atoms with van der Waals surface area (Å²) in [5.41, 5.74) is 1.06. The summed E-state index contributed by atoms with van der Waals surface area (Å²) >= 11 is 18.2. The minimum absolute atomic E-state index is 0.137. The monoisotopic (exact) mass is 438 g/mol. The molecule has 10 heteroatoms. The van der Waals surface area contributed by atoms with Gasteiger partial charge in [-0.25, -0.2) is 0 Å². The van der Waals surface area contributed by atoms with E-state index >= 15 is 0 Å². The molecule has 0 aliphatic carbocycles. The number of benzene rings is 2. The fraction of sp³-hybridized carbons (Fsp3) is 0.111. The minimum Gasteiger partial charge on any atom is -0.304 e. The number of halogens is 3. The number of nitrogens with zero attached hydrogens (tertiary/aromatic N) is 3. The van der Waals surface area contributed by atoms with Crippen LogP contribution in [0.25, 0.3) is 0 Å². The largest absolute Gasteiger partial charge is 0.304 e. The molecule has 7 nitrogen and oxygen atoms in total. The Morgan fingerprint density at radius 1 is 1.21 bits per heavy atom. The van der Waals surface area contributed by atoms with Gasteiger partial charge in [0.2, 0.25) is 0 Å². The molecule has 3 aromatic rings. The van der Waals surface area contributed by atoms with Crippen molar-refractivity contribution in [2.75, 3.05) is 5.32 Å². The summed E-state index contributed by atoms with van der Waals surface area (Å²) < 4.78 is 1.52. The van der Waals surface area contributed by atoms with Gasteiger partial charge in [0.05, 0.1) is 11.5 Å². The van der Waals surface area contributed by atoms with Gasteiger partial charge >= 0.3 is 0 Å². The summed E-state index contributed by atoms with van der Waals surface area (Å²) in [5.74, 6) is -0.402. The number of nitrogens with one attached hydrogen (secondary N) is 1. The van der Waals surface area contributed by atoms with Gasteiger partial charge in [-0.1, -0.05) is 46.9 Å². The van der Waals surface area contributed by atoms with Crippen molar-refractivity contribution in [3.8, 4) is 0 Å². The van der Waals surface area contributed by atoms with Crippen LogP contribution in [0.3, 0.4) is 0 Å². The second kappa shape index (κ2) is 8.18. The van der Waals surface area contributed by atoms with Crippen molar-refractivity contribution in [3.63, 3.8) is 0 Å². The average Bonchev–Trinajstić information content (AvgIpc) is 2.96. The van der Waals surface area contributed by atoms with E-state index in [2.05, 4.69) is 10.4 Å². The van der Waals surface area contributed by atoms with E-state index in [1.54, 1.807) is 24.4 Å². The Bertz CT molecular complexity index is 1080. The van der Waals surface area contributed by atoms with Gasteiger partial charge in [0.25, 0.3) is 11.6 Å². The van der Waals surface area contributed by atoms with Crippen molar-refractivity contribution < 1.29 is 9.72 Å². The number of carbonyl (C=O) groups excluding carboxylic acids is 1. The van der Waals surface area contributed by atoms with Gasteiger partial charge < -0.3 is 5.32 Å². The predicted molar refractivity (Wildman–Crippen MR) is 109 cm³/mol. The van der Waals surface area contributed by atoms with Gasteiger partial charge in [-0.3, -0.25) is 19.6 Å². The van der Waals surface area contributed by atoms with Crippen LogP contribution in [0.4, 0.5) is 11.5 Å². The third-order valence-corrected chi connectivity index (χ3v) is 4.91. The number of amides is 1. The van der Waals surface area contributed by atoms with Gasteiger partial charge in [0.15, 0.2) is 5.82 Å². The number of anilines is 1. The first-order valence-electron chi connectivity index (χ1n) is 7.98. The normalized spacial score (nSPS) is 10.7. The highest BCUT2D eigenvalue weighted by atomic mass is 35.5. The summed E-state index contributed by atoms with van der Waals surface area (Å²) in [7, 11) is 0. The van der Waals surface area contributed by atoms with Crippen LogP contribution in [-0.4, -0.2) is 20.6 Å². The standard InChI is InChI=1S/C18H13Cl3N4O3/c1-10-13(3-2-4-16(10)25(27)28)18(26)22-17-15(21)9-24(23-17)8-11-5-6-12(19)7-14(11)20/h2-7,9H,8H2,1H3,(H,22,23,26). The van der Waals surface area contributed by atoms with E-state index in [1.807, 2.05) is 0 Å². The molecule has 0 aliphatic heterocycles. The Morgan fingerprint density at radius 3 is 2.64 bits per heavy atom. The summed E-state index contributed by atoms with van der Waals surface area (Å²) in [4.78, 5) is 23.1. The lowest BCUT2D eigenvalue weighted by atomic mass is 10.1. The Kier molecular flexibility index (Phi) is 5.88. The molecule has 0 radical (unpaired) electrons. The first-order valence-corrected chi connectivity index (χ1v) is 9.12. The average molecular weight is 440 g/mol. The molecule has 2 aromatic carbocycles. The van der Waals surface area contributed by atoms with Crippen LogP contribution in [0.15, 0.2) is 42.6 Å². The zero-order chi connectivity index (χ0) is 20.4. The Hall–Kier alpha value is -2.61. The van der Waals surface area contributed by atoms with Crippen LogP contribution in [0, 0.1) is 17.0 Å². The third-order valence-electron chi connectivity index (χ3n) is 4.04. The Morgan fingerprint density at radius 2 is 1.96 bits per heavy atom. The molecule has 0 bridgehead atoms. The van der Waals surface area contributed by atoms with E-state index in [9.17, 15) is 14.9 Å². The van der Waals surface area contributed by atoms with Crippen molar-refractivity contribution in [2.45, 2.75) is 13.5 Å². The summed E-state index contributed by atoms with van der Waals surface area (Å²) in [6.07, 6.45) is 1.54. The smallest absolute Gasteiger partial charge is 0.273 e. The van der Waals surface area contributed by atoms with Gasteiger partial charge in [0.1, 0.15) is 5.02 Å². The predicted octanol–water partition coefficient (Wildman–Crippen LogP) is 5.36. The topological polar surface area (TPSA) is 90.1 Å². The molecule has 1 N–H and O–H groups in total. The van der Waals surface area contributed by atoms with Crippen molar-refractivity contribution in [1.29, 1.82) is 0 Å². The van der Waals surface area contributed by atoms with Crippen LogP contribution >= 0.6 is 34.8 Å². The van der Waals surface area contributed by atoms with Gasteiger partial charge in [-0.15, -0.1) is 0 Å². The molecule has 3 rings (SSSR count). The lowest BCUT2D eigenvalue weighted by molar-refractivity contribution is -0.385. The summed E-state index contributed by atoms with van der Waals surface area (Å²) in [5, 5.41) is 19.1. The van der Waals surface area contributed by atoms with Crippen molar-refractivity contribution in [3.05, 3.63) is 84.5 Å². The highest BCUT2D eigenvalue weighted by molar-refractivity contribution is 6.35. The maximum Gasteiger partial charge on any atom is 0.273 e. The molecule has 1 heterocycles. The molecular weight excluding hydrogens is 427 g/mol. The molecule has 28 heavy (non-hydrogen) atoms. The first kappa shape index (κ1) is 20.1. The Labute approximate surface area is 175 Å². The number of hydrogen-bond acceptors (Lipinski definition) is 4. The van der Waals surface area contributed by atoms with E-state index in [0.717, 1.165) is 5.56 Å². The molecule has 0 spiro atoms. The quantitative estimate of drug-likeness (QED) is 0.428. The fourth-order valence-corrected chi connectivity index (χ4v) is 3.30. The summed E-state index contributed by atoms with van der Waals surface area (Å²) in [6.45, 7) is 1.83. The number of hydrogen-bond donors (Lipinski definition) is 1. The van der Waals surface area contributed by atoms with Gasteiger partial charge in [-0.2, -0.15) is 5.10 Å². The molecule has 1 aromatic heterocycles. The van der Waals surface area contributed by atoms with Crippen LogP contribution in [-0.2, 0) is 6.54 Å². The van der Waals surface area contributed by atoms with Gasteiger partial charge in [0, 0.05) is 33.4 Å². The van der Waals surface area contributed by atoms with E-state index in [1.165, 1.54) is 29.8 Å². The zero-order valence-corrected chi connectivity index (χ0v) is 16.7. The van der Waals surface area contributed by atoms with Crippen LogP contribution in [0.2, 0.25) is 15.1 Å². The number of rotatable bonds is 5. The van der Waals surface area contributed by atoms with E-state index in [-0.39, 0.29) is 27.7 Å². The molecule has 0 aliphatic rings. The first-order chi connectivity index (χ1) is 13.3. The number of carbonyl (C=O) groups is 1. The fourth-order valence-electron chi connectivity index (χ4n) is 2.63. The Balaban J connectivity index is 1.81. The van der Waals surface area contributed by atoms with Crippen molar-refractivity contribution >= 4 is 52.2 Å². The molecule has 1 amide bonds. The minimum atomic E-state index is -0.544. The maximum absolute atomic E-state index is 12.5. The van der Waals surface area contributed by atoms with Gasteiger partial charge in [-0.05, 0) is 30.7 Å². The second-order valence-electron chi connectivity index (χ2n) is 5.92. The van der Waals surface area contributed by atoms with E-state index in [0.29, 0.717) is 16.6 Å². The highest BCUT2D eigenvalue weighted by Gasteiger charge is 2.20. The van der Waals surface area contributed by atoms with Crippen LogP contribution in [0.5, 0.6) is 0 Å². The molecular formula is C18H13Cl3N4O3. The van der Waals surface area contributed by atoms with Crippen LogP contribution in [0.1, 0.15) is 21.5 Å². The molecule has 0 unspecified atom stereocenters. The molecule has 0 saturated heterocycles.